The summed E-state index contributed by atoms with van der Waals surface area (Å²) in [5, 5.41) is 7.48. The average Bonchev–Trinajstić information content (AvgIpc) is 2.77. The Bertz CT molecular complexity index is 499. The summed E-state index contributed by atoms with van der Waals surface area (Å²) in [6, 6.07) is 7.91. The second-order valence-corrected chi connectivity index (χ2v) is 4.01. The molecule has 0 aliphatic heterocycles. The van der Waals surface area contributed by atoms with E-state index in [0.717, 1.165) is 29.8 Å². The number of rotatable bonds is 1. The smallest absolute Gasteiger partial charge is 0.0956 e. The van der Waals surface area contributed by atoms with Crippen LogP contribution >= 0.6 is 0 Å². The van der Waals surface area contributed by atoms with Gasteiger partial charge in [0.15, 0.2) is 0 Å². The zero-order chi connectivity index (χ0) is 10.3. The van der Waals surface area contributed by atoms with E-state index in [1.54, 1.807) is 0 Å². The van der Waals surface area contributed by atoms with Crippen molar-refractivity contribution in [2.45, 2.75) is 19.3 Å². The van der Waals surface area contributed by atoms with Gasteiger partial charge < -0.3 is 5.73 Å². The number of nitrogen functional groups attached to an aromatic ring is 1. The Kier molecular flexibility index (Phi) is 1.78. The highest BCUT2D eigenvalue weighted by Gasteiger charge is 2.19. The van der Waals surface area contributed by atoms with Gasteiger partial charge in [-0.15, -0.1) is 0 Å². The highest BCUT2D eigenvalue weighted by atomic mass is 15.1. The number of H-pyrrole nitrogens is 1. The molecule has 3 rings (SSSR count). The van der Waals surface area contributed by atoms with E-state index in [4.69, 9.17) is 5.73 Å². The van der Waals surface area contributed by atoms with Crippen molar-refractivity contribution in [3.05, 3.63) is 35.5 Å². The standard InChI is InChI=1S/C12H13N3/c13-9-4-1-3-8(7-9)12-10-5-2-6-11(10)14-15-12/h1,3-4,7H,2,5-6,13H2,(H,14,15). The summed E-state index contributed by atoms with van der Waals surface area (Å²) in [4.78, 5) is 0. The Labute approximate surface area is 88.3 Å². The van der Waals surface area contributed by atoms with Crippen LogP contribution in [0.1, 0.15) is 17.7 Å². The second kappa shape index (κ2) is 3.12. The van der Waals surface area contributed by atoms with E-state index in [2.05, 4.69) is 16.3 Å². The molecule has 76 valence electrons. The molecule has 0 spiro atoms. The molecule has 1 aliphatic rings. The fourth-order valence-electron chi connectivity index (χ4n) is 2.24. The van der Waals surface area contributed by atoms with Gasteiger partial charge in [0.2, 0.25) is 0 Å². The molecule has 0 saturated heterocycles. The molecule has 1 aliphatic carbocycles. The van der Waals surface area contributed by atoms with Crippen LogP contribution in [-0.4, -0.2) is 10.2 Å². The number of anilines is 1. The maximum absolute atomic E-state index is 5.77. The van der Waals surface area contributed by atoms with E-state index >= 15 is 0 Å². The number of nitrogens with two attached hydrogens (primary N) is 1. The first-order chi connectivity index (χ1) is 7.34. The van der Waals surface area contributed by atoms with Crippen molar-refractivity contribution < 1.29 is 0 Å². The van der Waals surface area contributed by atoms with Gasteiger partial charge in [0.05, 0.1) is 5.69 Å². The van der Waals surface area contributed by atoms with Gasteiger partial charge in [0, 0.05) is 22.5 Å². The van der Waals surface area contributed by atoms with Crippen LogP contribution < -0.4 is 5.73 Å². The Morgan fingerprint density at radius 1 is 1.27 bits per heavy atom. The fraction of sp³-hybridized carbons (Fsp3) is 0.250. The number of fused-ring (bicyclic) bond motifs is 1. The summed E-state index contributed by atoms with van der Waals surface area (Å²) in [6.45, 7) is 0. The number of hydrogen-bond acceptors (Lipinski definition) is 2. The zero-order valence-corrected chi connectivity index (χ0v) is 8.46. The number of benzene rings is 1. The lowest BCUT2D eigenvalue weighted by Crippen LogP contribution is -1.88. The third-order valence-electron chi connectivity index (χ3n) is 2.97. The Balaban J connectivity index is 2.13. The summed E-state index contributed by atoms with van der Waals surface area (Å²) in [5.41, 5.74) is 11.4. The first-order valence-electron chi connectivity index (χ1n) is 5.26. The molecule has 2 aromatic rings. The van der Waals surface area contributed by atoms with E-state index in [0.29, 0.717) is 0 Å². The summed E-state index contributed by atoms with van der Waals surface area (Å²) in [7, 11) is 0. The normalized spacial score (nSPS) is 14.1. The average molecular weight is 199 g/mol. The van der Waals surface area contributed by atoms with Crippen LogP contribution in [0.4, 0.5) is 5.69 Å². The molecule has 0 fully saturated rings. The molecule has 0 atom stereocenters. The van der Waals surface area contributed by atoms with Crippen LogP contribution in [0.2, 0.25) is 0 Å². The summed E-state index contributed by atoms with van der Waals surface area (Å²) < 4.78 is 0. The lowest BCUT2D eigenvalue weighted by molar-refractivity contribution is 0.867. The molecule has 15 heavy (non-hydrogen) atoms. The van der Waals surface area contributed by atoms with Crippen molar-refractivity contribution in [3.8, 4) is 11.3 Å². The van der Waals surface area contributed by atoms with Crippen molar-refractivity contribution in [1.29, 1.82) is 0 Å². The SMILES string of the molecule is Nc1cccc(-c2n[nH]c3c2CCC3)c1. The van der Waals surface area contributed by atoms with E-state index in [9.17, 15) is 0 Å². The van der Waals surface area contributed by atoms with Crippen LogP contribution in [0.15, 0.2) is 24.3 Å². The van der Waals surface area contributed by atoms with Crippen molar-refractivity contribution in [2.24, 2.45) is 0 Å². The van der Waals surface area contributed by atoms with Crippen LogP contribution in [0, 0.1) is 0 Å². The van der Waals surface area contributed by atoms with E-state index in [-0.39, 0.29) is 0 Å². The summed E-state index contributed by atoms with van der Waals surface area (Å²) >= 11 is 0. The Morgan fingerprint density at radius 2 is 2.20 bits per heavy atom. The summed E-state index contributed by atoms with van der Waals surface area (Å²) in [6.07, 6.45) is 3.50. The molecule has 0 saturated carbocycles. The molecular weight excluding hydrogens is 186 g/mol. The first-order valence-corrected chi connectivity index (χ1v) is 5.26. The van der Waals surface area contributed by atoms with Gasteiger partial charge in [0.25, 0.3) is 0 Å². The van der Waals surface area contributed by atoms with Crippen LogP contribution in [0.25, 0.3) is 11.3 Å². The molecule has 3 N–H and O–H groups in total. The maximum atomic E-state index is 5.77. The molecule has 0 radical (unpaired) electrons. The van der Waals surface area contributed by atoms with Gasteiger partial charge in [0.1, 0.15) is 0 Å². The lowest BCUT2D eigenvalue weighted by Gasteiger charge is -2.00. The predicted molar refractivity (Wildman–Crippen MR) is 60.5 cm³/mol. The van der Waals surface area contributed by atoms with Crippen LogP contribution in [0.3, 0.4) is 0 Å². The molecule has 0 unspecified atom stereocenters. The van der Waals surface area contributed by atoms with Gasteiger partial charge in [-0.1, -0.05) is 12.1 Å². The minimum Gasteiger partial charge on any atom is -0.399 e. The number of aryl methyl sites for hydroxylation is 1. The Hall–Kier alpha value is -1.77. The van der Waals surface area contributed by atoms with Gasteiger partial charge in [-0.3, -0.25) is 5.10 Å². The quantitative estimate of drug-likeness (QED) is 0.691. The van der Waals surface area contributed by atoms with Gasteiger partial charge >= 0.3 is 0 Å². The van der Waals surface area contributed by atoms with Crippen molar-refractivity contribution in [3.63, 3.8) is 0 Å². The van der Waals surface area contributed by atoms with Crippen molar-refractivity contribution in [1.82, 2.24) is 10.2 Å². The molecule has 1 aromatic heterocycles. The lowest BCUT2D eigenvalue weighted by atomic mass is 10.1. The van der Waals surface area contributed by atoms with E-state index in [1.807, 2.05) is 18.2 Å². The minimum atomic E-state index is 0.794. The molecule has 0 bridgehead atoms. The third-order valence-corrected chi connectivity index (χ3v) is 2.97. The van der Waals surface area contributed by atoms with Gasteiger partial charge in [-0.25, -0.2) is 0 Å². The van der Waals surface area contributed by atoms with Gasteiger partial charge in [-0.05, 0) is 31.4 Å². The second-order valence-electron chi connectivity index (χ2n) is 4.01. The number of nitrogens with one attached hydrogen (secondary N) is 1. The topological polar surface area (TPSA) is 54.7 Å². The molecule has 1 heterocycles. The van der Waals surface area contributed by atoms with E-state index < -0.39 is 0 Å². The Morgan fingerprint density at radius 3 is 3.07 bits per heavy atom. The largest absolute Gasteiger partial charge is 0.399 e. The molecule has 0 amide bonds. The molecule has 1 aromatic carbocycles. The third kappa shape index (κ3) is 1.31. The zero-order valence-electron chi connectivity index (χ0n) is 8.46. The van der Waals surface area contributed by atoms with Crippen LogP contribution in [-0.2, 0) is 12.8 Å². The fourth-order valence-corrected chi connectivity index (χ4v) is 2.24. The number of aromatic nitrogens is 2. The summed E-state index contributed by atoms with van der Waals surface area (Å²) in [5.74, 6) is 0. The highest BCUT2D eigenvalue weighted by molar-refractivity contribution is 5.68. The minimum absolute atomic E-state index is 0.794. The maximum Gasteiger partial charge on any atom is 0.0956 e. The van der Waals surface area contributed by atoms with Gasteiger partial charge in [-0.2, -0.15) is 5.10 Å². The monoisotopic (exact) mass is 199 g/mol. The molecule has 3 nitrogen and oxygen atoms in total. The number of nitrogens with zero attached hydrogens (tertiary/aromatic N) is 1. The van der Waals surface area contributed by atoms with Crippen LogP contribution in [0.5, 0.6) is 0 Å². The predicted octanol–water partition coefficient (Wildman–Crippen LogP) is 2.15. The first kappa shape index (κ1) is 8.53. The van der Waals surface area contributed by atoms with Crippen molar-refractivity contribution in [2.75, 3.05) is 5.73 Å². The number of hydrogen-bond donors (Lipinski definition) is 2. The van der Waals surface area contributed by atoms with Crippen molar-refractivity contribution >= 4 is 5.69 Å². The van der Waals surface area contributed by atoms with E-state index in [1.165, 1.54) is 17.7 Å². The highest BCUT2D eigenvalue weighted by Crippen LogP contribution is 2.30. The molecule has 3 heteroatoms. The molecular formula is C12H13N3. The number of aromatic amines is 1.